The quantitative estimate of drug-likeness (QED) is 0.795. The highest BCUT2D eigenvalue weighted by Crippen LogP contribution is 2.30. The van der Waals surface area contributed by atoms with Gasteiger partial charge in [0, 0.05) is 24.5 Å². The van der Waals surface area contributed by atoms with Crippen LogP contribution in [0.25, 0.3) is 5.82 Å². The molecule has 1 aliphatic rings. The van der Waals surface area contributed by atoms with Crippen molar-refractivity contribution < 1.29 is 4.79 Å². The maximum Gasteiger partial charge on any atom is 0.272 e. The fourth-order valence-electron chi connectivity index (χ4n) is 3.29. The molecule has 0 saturated carbocycles. The highest BCUT2D eigenvalue weighted by molar-refractivity contribution is 5.92. The zero-order valence-electron chi connectivity index (χ0n) is 14.3. The van der Waals surface area contributed by atoms with E-state index in [1.54, 1.807) is 16.9 Å². The van der Waals surface area contributed by atoms with Crippen molar-refractivity contribution >= 4 is 5.91 Å². The predicted octanol–water partition coefficient (Wildman–Crippen LogP) is 2.12. The maximum absolute atomic E-state index is 12.5. The van der Waals surface area contributed by atoms with Crippen LogP contribution in [0.3, 0.4) is 0 Å². The molecular formula is C18H20N6O. The van der Waals surface area contributed by atoms with Gasteiger partial charge in [0.15, 0.2) is 5.82 Å². The monoisotopic (exact) mass is 336 g/mol. The van der Waals surface area contributed by atoms with Crippen molar-refractivity contribution in [1.29, 1.82) is 0 Å². The summed E-state index contributed by atoms with van der Waals surface area (Å²) in [5.74, 6) is 0.656. The van der Waals surface area contributed by atoms with Crippen molar-refractivity contribution in [3.63, 3.8) is 0 Å². The van der Waals surface area contributed by atoms with Crippen molar-refractivity contribution in [1.82, 2.24) is 29.9 Å². The van der Waals surface area contributed by atoms with E-state index < -0.39 is 0 Å². The number of hydrogen-bond acceptors (Lipinski definition) is 4. The molecule has 1 aliphatic carbocycles. The Bertz CT molecular complexity index is 892. The van der Waals surface area contributed by atoms with E-state index in [1.165, 1.54) is 0 Å². The summed E-state index contributed by atoms with van der Waals surface area (Å²) in [6.45, 7) is 1.93. The van der Waals surface area contributed by atoms with Gasteiger partial charge in [-0.05, 0) is 44.4 Å². The number of rotatable bonds is 3. The number of carbonyl (C=O) groups is 1. The summed E-state index contributed by atoms with van der Waals surface area (Å²) in [6.07, 6.45) is 6.43. The van der Waals surface area contributed by atoms with Crippen molar-refractivity contribution in [3.8, 4) is 5.82 Å². The Morgan fingerprint density at radius 2 is 2.24 bits per heavy atom. The number of carbonyl (C=O) groups excluding carboxylic acids is 1. The normalized spacial score (nSPS) is 16.5. The van der Waals surface area contributed by atoms with Crippen molar-refractivity contribution in [3.05, 3.63) is 59.3 Å². The SMILES string of the molecule is Cc1cc(C(=O)NC2CCCc3c2cnn3-c2ccccn2)nn1C. The highest BCUT2D eigenvalue weighted by Gasteiger charge is 2.27. The number of fused-ring (bicyclic) bond motifs is 1. The van der Waals surface area contributed by atoms with Gasteiger partial charge in [-0.1, -0.05) is 6.07 Å². The number of pyridine rings is 1. The number of nitrogens with one attached hydrogen (secondary N) is 1. The number of amides is 1. The standard InChI is InChI=1S/C18H20N6O/c1-12-10-15(22-23(12)2)18(25)21-14-6-5-7-16-13(14)11-20-24(16)17-8-3-4-9-19-17/h3-4,8-11,14H,5-7H2,1-2H3,(H,21,25). The van der Waals surface area contributed by atoms with Crippen LogP contribution in [0, 0.1) is 6.92 Å². The summed E-state index contributed by atoms with van der Waals surface area (Å²) in [4.78, 5) is 16.9. The molecule has 0 saturated heterocycles. The largest absolute Gasteiger partial charge is 0.344 e. The first kappa shape index (κ1) is 15.6. The maximum atomic E-state index is 12.5. The molecule has 4 rings (SSSR count). The Kier molecular flexibility index (Phi) is 3.83. The summed E-state index contributed by atoms with van der Waals surface area (Å²) in [5.41, 5.74) is 3.59. The third-order valence-corrected chi connectivity index (χ3v) is 4.70. The number of nitrogens with zero attached hydrogens (tertiary/aromatic N) is 5. The minimum absolute atomic E-state index is 0.0453. The van der Waals surface area contributed by atoms with E-state index in [4.69, 9.17) is 0 Å². The topological polar surface area (TPSA) is 77.6 Å². The van der Waals surface area contributed by atoms with Crippen LogP contribution in [0.15, 0.2) is 36.7 Å². The number of aryl methyl sites for hydroxylation is 2. The van der Waals surface area contributed by atoms with Gasteiger partial charge in [-0.3, -0.25) is 9.48 Å². The lowest BCUT2D eigenvalue weighted by atomic mass is 9.93. The van der Waals surface area contributed by atoms with Gasteiger partial charge < -0.3 is 5.32 Å². The van der Waals surface area contributed by atoms with Crippen LogP contribution in [-0.2, 0) is 13.5 Å². The van der Waals surface area contributed by atoms with E-state index in [1.807, 2.05) is 43.0 Å². The van der Waals surface area contributed by atoms with Crippen molar-refractivity contribution in [2.24, 2.45) is 7.05 Å². The van der Waals surface area contributed by atoms with Gasteiger partial charge in [0.05, 0.1) is 17.9 Å². The fourth-order valence-corrected chi connectivity index (χ4v) is 3.29. The molecule has 3 aromatic rings. The summed E-state index contributed by atoms with van der Waals surface area (Å²) >= 11 is 0. The zero-order valence-corrected chi connectivity index (χ0v) is 14.3. The molecule has 7 heteroatoms. The highest BCUT2D eigenvalue weighted by atomic mass is 16.2. The Labute approximate surface area is 145 Å². The van der Waals surface area contributed by atoms with E-state index in [0.717, 1.165) is 42.0 Å². The minimum atomic E-state index is -0.146. The van der Waals surface area contributed by atoms with E-state index in [0.29, 0.717) is 5.69 Å². The van der Waals surface area contributed by atoms with E-state index in [-0.39, 0.29) is 11.9 Å². The van der Waals surface area contributed by atoms with Crippen molar-refractivity contribution in [2.75, 3.05) is 0 Å². The molecule has 1 atom stereocenters. The smallest absolute Gasteiger partial charge is 0.272 e. The van der Waals surface area contributed by atoms with E-state index in [2.05, 4.69) is 20.5 Å². The molecule has 3 heterocycles. The fraction of sp³-hybridized carbons (Fsp3) is 0.333. The van der Waals surface area contributed by atoms with Gasteiger partial charge in [0.1, 0.15) is 5.69 Å². The summed E-state index contributed by atoms with van der Waals surface area (Å²) < 4.78 is 3.58. The molecule has 0 bridgehead atoms. The van der Waals surface area contributed by atoms with Gasteiger partial charge in [0.2, 0.25) is 0 Å². The van der Waals surface area contributed by atoms with Gasteiger partial charge in [0.25, 0.3) is 5.91 Å². The van der Waals surface area contributed by atoms with Gasteiger partial charge >= 0.3 is 0 Å². The van der Waals surface area contributed by atoms with Crippen LogP contribution >= 0.6 is 0 Å². The molecule has 1 unspecified atom stereocenters. The summed E-state index contributed by atoms with van der Waals surface area (Å²) in [5, 5.41) is 11.9. The second-order valence-corrected chi connectivity index (χ2v) is 6.36. The second kappa shape index (κ2) is 6.16. The third-order valence-electron chi connectivity index (χ3n) is 4.70. The summed E-state index contributed by atoms with van der Waals surface area (Å²) in [6, 6.07) is 7.53. The molecular weight excluding hydrogens is 316 g/mol. The van der Waals surface area contributed by atoms with Crippen LogP contribution in [0.5, 0.6) is 0 Å². The third kappa shape index (κ3) is 2.82. The average Bonchev–Trinajstić information content (AvgIpc) is 3.20. The Morgan fingerprint density at radius 3 is 2.96 bits per heavy atom. The average molecular weight is 336 g/mol. The van der Waals surface area contributed by atoms with Crippen LogP contribution in [0.4, 0.5) is 0 Å². The lowest BCUT2D eigenvalue weighted by Gasteiger charge is -2.23. The lowest BCUT2D eigenvalue weighted by molar-refractivity contribution is 0.0927. The first-order valence-electron chi connectivity index (χ1n) is 8.43. The molecule has 1 amide bonds. The molecule has 0 aliphatic heterocycles. The molecule has 128 valence electrons. The van der Waals surface area contributed by atoms with Gasteiger partial charge in [-0.2, -0.15) is 10.2 Å². The molecule has 0 radical (unpaired) electrons. The summed E-state index contributed by atoms with van der Waals surface area (Å²) in [7, 11) is 1.84. The second-order valence-electron chi connectivity index (χ2n) is 6.36. The van der Waals surface area contributed by atoms with Crippen LogP contribution in [0.1, 0.15) is 46.3 Å². The number of aromatic nitrogens is 5. The number of hydrogen-bond donors (Lipinski definition) is 1. The molecule has 25 heavy (non-hydrogen) atoms. The lowest BCUT2D eigenvalue weighted by Crippen LogP contribution is -2.31. The molecule has 0 fully saturated rings. The van der Waals surface area contributed by atoms with E-state index in [9.17, 15) is 4.79 Å². The van der Waals surface area contributed by atoms with Crippen LogP contribution in [0.2, 0.25) is 0 Å². The van der Waals surface area contributed by atoms with Crippen LogP contribution < -0.4 is 5.32 Å². The predicted molar refractivity (Wildman–Crippen MR) is 92.4 cm³/mol. The zero-order chi connectivity index (χ0) is 17.4. The molecule has 7 nitrogen and oxygen atoms in total. The van der Waals surface area contributed by atoms with Crippen molar-refractivity contribution in [2.45, 2.75) is 32.2 Å². The molecule has 0 aromatic carbocycles. The first-order valence-corrected chi connectivity index (χ1v) is 8.43. The Morgan fingerprint density at radius 1 is 1.36 bits per heavy atom. The minimum Gasteiger partial charge on any atom is -0.344 e. The molecule has 3 aromatic heterocycles. The first-order chi connectivity index (χ1) is 12.1. The molecule has 1 N–H and O–H groups in total. The van der Waals surface area contributed by atoms with Crippen LogP contribution in [-0.4, -0.2) is 30.5 Å². The van der Waals surface area contributed by atoms with E-state index >= 15 is 0 Å². The van der Waals surface area contributed by atoms with Gasteiger partial charge in [-0.15, -0.1) is 0 Å². The Hall–Kier alpha value is -2.96. The Balaban J connectivity index is 1.60. The molecule has 0 spiro atoms. The van der Waals surface area contributed by atoms with Gasteiger partial charge in [-0.25, -0.2) is 9.67 Å².